The topological polar surface area (TPSA) is 52.7 Å². The lowest BCUT2D eigenvalue weighted by molar-refractivity contribution is 0.0646. The molecule has 1 atom stereocenters. The summed E-state index contributed by atoms with van der Waals surface area (Å²) in [5, 5.41) is 3.10. The number of amides is 2. The van der Waals surface area contributed by atoms with Crippen LogP contribution in [0.1, 0.15) is 71.2 Å². The number of carbonyl (C=O) groups excluding carboxylic acids is 2. The van der Waals surface area contributed by atoms with E-state index in [0.717, 1.165) is 73.6 Å². The summed E-state index contributed by atoms with van der Waals surface area (Å²) in [7, 11) is 0. The predicted octanol–water partition coefficient (Wildman–Crippen LogP) is 4.26. The molecule has 33 heavy (non-hydrogen) atoms. The van der Waals surface area contributed by atoms with Gasteiger partial charge in [0.1, 0.15) is 0 Å². The Morgan fingerprint density at radius 1 is 0.848 bits per heavy atom. The monoisotopic (exact) mass is 443 g/mol. The maximum Gasteiger partial charge on any atom is 0.254 e. The zero-order valence-electron chi connectivity index (χ0n) is 19.3. The van der Waals surface area contributed by atoms with Crippen molar-refractivity contribution in [1.82, 2.24) is 15.1 Å². The second-order valence-corrected chi connectivity index (χ2v) is 10.3. The molecule has 1 saturated heterocycles. The molecule has 2 aromatic carbocycles. The average molecular weight is 444 g/mol. The van der Waals surface area contributed by atoms with Gasteiger partial charge in [-0.1, -0.05) is 30.7 Å². The van der Waals surface area contributed by atoms with Crippen molar-refractivity contribution in [3.8, 4) is 11.1 Å². The van der Waals surface area contributed by atoms with Gasteiger partial charge in [-0.15, -0.1) is 0 Å². The fourth-order valence-corrected chi connectivity index (χ4v) is 5.78. The number of hydrogen-bond donors (Lipinski definition) is 1. The van der Waals surface area contributed by atoms with Gasteiger partial charge in [-0.05, 0) is 79.8 Å². The number of fused-ring (bicyclic) bond motifs is 1. The van der Waals surface area contributed by atoms with Gasteiger partial charge in [0.25, 0.3) is 11.8 Å². The number of likely N-dealkylation sites (tertiary alicyclic amines) is 1. The van der Waals surface area contributed by atoms with Crippen LogP contribution in [-0.2, 0) is 6.42 Å². The second kappa shape index (κ2) is 8.60. The van der Waals surface area contributed by atoms with Crippen molar-refractivity contribution in [3.05, 3.63) is 59.2 Å². The molecule has 0 radical (unpaired) electrons. The Bertz CT molecular complexity index is 1060. The first-order valence-electron chi connectivity index (χ1n) is 12.7. The van der Waals surface area contributed by atoms with Gasteiger partial charge in [-0.3, -0.25) is 14.5 Å². The summed E-state index contributed by atoms with van der Waals surface area (Å²) < 4.78 is 0. The summed E-state index contributed by atoms with van der Waals surface area (Å²) in [6, 6.07) is 15.6. The lowest BCUT2D eigenvalue weighted by Gasteiger charge is -2.37. The normalized spacial score (nSPS) is 23.7. The van der Waals surface area contributed by atoms with Crippen molar-refractivity contribution < 1.29 is 9.59 Å². The number of nitrogens with zero attached hydrogens (tertiary/aromatic N) is 2. The van der Waals surface area contributed by atoms with Gasteiger partial charge in [0.2, 0.25) is 0 Å². The van der Waals surface area contributed by atoms with E-state index >= 15 is 0 Å². The molecule has 2 heterocycles. The zero-order chi connectivity index (χ0) is 22.4. The summed E-state index contributed by atoms with van der Waals surface area (Å²) in [4.78, 5) is 30.4. The van der Waals surface area contributed by atoms with E-state index < -0.39 is 0 Å². The van der Waals surface area contributed by atoms with E-state index in [1.165, 1.54) is 25.7 Å². The molecule has 4 aliphatic rings. The number of hydrogen-bond acceptors (Lipinski definition) is 3. The molecule has 1 N–H and O–H groups in total. The largest absolute Gasteiger partial charge is 0.349 e. The lowest BCUT2D eigenvalue weighted by atomic mass is 9.91. The number of rotatable bonds is 5. The third kappa shape index (κ3) is 3.97. The molecule has 172 valence electrons. The van der Waals surface area contributed by atoms with E-state index in [2.05, 4.69) is 27.2 Å². The fraction of sp³-hybridized carbons (Fsp3) is 0.500. The molecule has 3 fully saturated rings. The highest BCUT2D eigenvalue weighted by atomic mass is 16.2. The summed E-state index contributed by atoms with van der Waals surface area (Å²) in [5.74, 6) is 0.219. The first-order chi connectivity index (χ1) is 16.2. The van der Waals surface area contributed by atoms with Crippen molar-refractivity contribution in [1.29, 1.82) is 0 Å². The van der Waals surface area contributed by atoms with Crippen molar-refractivity contribution in [2.75, 3.05) is 19.6 Å². The van der Waals surface area contributed by atoms with E-state index in [-0.39, 0.29) is 11.8 Å². The summed E-state index contributed by atoms with van der Waals surface area (Å²) in [5.41, 5.74) is 4.91. The average Bonchev–Trinajstić information content (AvgIpc) is 3.24. The molecule has 5 heteroatoms. The minimum Gasteiger partial charge on any atom is -0.349 e. The van der Waals surface area contributed by atoms with Gasteiger partial charge >= 0.3 is 0 Å². The number of carbonyl (C=O) groups is 2. The third-order valence-corrected chi connectivity index (χ3v) is 8.37. The van der Waals surface area contributed by atoms with Crippen LogP contribution < -0.4 is 5.32 Å². The Balaban J connectivity index is 1.14. The predicted molar refractivity (Wildman–Crippen MR) is 129 cm³/mol. The maximum absolute atomic E-state index is 13.3. The van der Waals surface area contributed by atoms with Crippen molar-refractivity contribution in [3.63, 3.8) is 0 Å². The van der Waals surface area contributed by atoms with Gasteiger partial charge in [0.15, 0.2) is 0 Å². The Kier molecular flexibility index (Phi) is 5.45. The molecule has 0 spiro atoms. The highest BCUT2D eigenvalue weighted by Crippen LogP contribution is 2.32. The molecule has 6 rings (SSSR count). The van der Waals surface area contributed by atoms with Crippen LogP contribution in [0.4, 0.5) is 0 Å². The van der Waals surface area contributed by atoms with Crippen molar-refractivity contribution in [2.24, 2.45) is 0 Å². The molecule has 1 unspecified atom stereocenters. The summed E-state index contributed by atoms with van der Waals surface area (Å²) in [6.45, 7) is 3.00. The highest BCUT2D eigenvalue weighted by Gasteiger charge is 2.37. The summed E-state index contributed by atoms with van der Waals surface area (Å²) in [6.07, 6.45) is 9.44. The Morgan fingerprint density at radius 3 is 2.30 bits per heavy atom. The van der Waals surface area contributed by atoms with Crippen LogP contribution in [0.25, 0.3) is 11.1 Å². The van der Waals surface area contributed by atoms with Crippen LogP contribution in [0.3, 0.4) is 0 Å². The number of nitrogens with one attached hydrogen (secondary N) is 1. The quantitative estimate of drug-likeness (QED) is 0.751. The van der Waals surface area contributed by atoms with E-state index in [1.54, 1.807) is 0 Å². The van der Waals surface area contributed by atoms with E-state index in [1.807, 2.05) is 30.3 Å². The minimum absolute atomic E-state index is 0.0187. The van der Waals surface area contributed by atoms with E-state index in [9.17, 15) is 9.59 Å². The van der Waals surface area contributed by atoms with Gasteiger partial charge in [-0.25, -0.2) is 0 Å². The molecular weight excluding hydrogens is 410 g/mol. The van der Waals surface area contributed by atoms with Crippen LogP contribution in [0.15, 0.2) is 42.5 Å². The van der Waals surface area contributed by atoms with Crippen LogP contribution >= 0.6 is 0 Å². The van der Waals surface area contributed by atoms with Gasteiger partial charge < -0.3 is 10.2 Å². The smallest absolute Gasteiger partial charge is 0.254 e. The Labute approximate surface area is 196 Å². The molecule has 0 aromatic heterocycles. The highest BCUT2D eigenvalue weighted by molar-refractivity contribution is 5.98. The molecule has 0 bridgehead atoms. The molecule has 2 aliphatic carbocycles. The molecular formula is C28H33N3O2. The lowest BCUT2D eigenvalue weighted by Crippen LogP contribution is -2.47. The standard InChI is InChI=1S/C28H33N3O2/c32-27(29-23-3-1-4-23)20-9-7-19(8-10-20)21-11-12-26-22(17-21)13-16-31(28(26)33)25-14-15-30(18-25)24-5-2-6-24/h7-12,17,23-25H,1-6,13-16,18H2,(H,29,32). The fourth-order valence-electron chi connectivity index (χ4n) is 5.78. The molecule has 2 saturated carbocycles. The van der Waals surface area contributed by atoms with Crippen LogP contribution in [-0.4, -0.2) is 59.4 Å². The molecule has 2 aliphatic heterocycles. The van der Waals surface area contributed by atoms with Crippen molar-refractivity contribution >= 4 is 11.8 Å². The molecule has 2 amide bonds. The maximum atomic E-state index is 13.3. The van der Waals surface area contributed by atoms with Gasteiger partial charge in [0, 0.05) is 48.9 Å². The van der Waals surface area contributed by atoms with Crippen LogP contribution in [0.2, 0.25) is 0 Å². The molecule has 2 aromatic rings. The first-order valence-corrected chi connectivity index (χ1v) is 12.7. The Hall–Kier alpha value is -2.66. The summed E-state index contributed by atoms with van der Waals surface area (Å²) >= 11 is 0. The first kappa shape index (κ1) is 20.9. The minimum atomic E-state index is 0.0187. The Morgan fingerprint density at radius 2 is 1.61 bits per heavy atom. The zero-order valence-corrected chi connectivity index (χ0v) is 19.3. The van der Waals surface area contributed by atoms with Crippen LogP contribution in [0, 0.1) is 0 Å². The number of benzene rings is 2. The van der Waals surface area contributed by atoms with E-state index in [4.69, 9.17) is 0 Å². The van der Waals surface area contributed by atoms with Gasteiger partial charge in [0.05, 0.1) is 0 Å². The molecule has 5 nitrogen and oxygen atoms in total. The van der Waals surface area contributed by atoms with Crippen LogP contribution in [0.5, 0.6) is 0 Å². The SMILES string of the molecule is O=C(NC1CCC1)c1ccc(-c2ccc3c(c2)CCN(C2CCN(C4CCC4)C2)C3=O)cc1. The van der Waals surface area contributed by atoms with Crippen molar-refractivity contribution in [2.45, 2.75) is 69.5 Å². The second-order valence-electron chi connectivity index (χ2n) is 10.3. The van der Waals surface area contributed by atoms with E-state index in [0.29, 0.717) is 17.6 Å². The van der Waals surface area contributed by atoms with Gasteiger partial charge in [-0.2, -0.15) is 0 Å². The third-order valence-electron chi connectivity index (χ3n) is 8.37.